The zero-order valence-corrected chi connectivity index (χ0v) is 10.7. The predicted molar refractivity (Wildman–Crippen MR) is 73.5 cm³/mol. The van der Waals surface area contributed by atoms with Crippen molar-refractivity contribution in [3.63, 3.8) is 0 Å². The zero-order chi connectivity index (χ0) is 12.4. The molecule has 2 saturated heterocycles. The minimum Gasteiger partial charge on any atom is -0.370 e. The van der Waals surface area contributed by atoms with Crippen molar-refractivity contribution >= 4 is 11.5 Å². The van der Waals surface area contributed by atoms with Gasteiger partial charge in [-0.1, -0.05) is 0 Å². The Morgan fingerprint density at radius 1 is 1.28 bits per heavy atom. The highest BCUT2D eigenvalue weighted by Crippen LogP contribution is 2.25. The molecule has 3 N–H and O–H groups in total. The first-order valence-corrected chi connectivity index (χ1v) is 6.78. The lowest BCUT2D eigenvalue weighted by atomic mass is 10.2. The van der Waals surface area contributed by atoms with Crippen LogP contribution in [0, 0.1) is 0 Å². The Morgan fingerprint density at radius 3 is 3.06 bits per heavy atom. The number of rotatable bonds is 2. The molecule has 0 saturated carbocycles. The van der Waals surface area contributed by atoms with Crippen LogP contribution < -0.4 is 16.2 Å². The summed E-state index contributed by atoms with van der Waals surface area (Å²) in [5, 5.41) is 0. The molecule has 0 amide bonds. The molecular weight excluding hydrogens is 226 g/mol. The normalized spacial score (nSPS) is 24.7. The molecule has 18 heavy (non-hydrogen) atoms. The van der Waals surface area contributed by atoms with Crippen LogP contribution >= 0.6 is 0 Å². The monoisotopic (exact) mass is 247 g/mol. The Labute approximate surface area is 108 Å². The Balaban J connectivity index is 1.78. The van der Waals surface area contributed by atoms with Gasteiger partial charge >= 0.3 is 0 Å². The molecule has 0 spiro atoms. The van der Waals surface area contributed by atoms with Crippen molar-refractivity contribution in [2.75, 3.05) is 36.5 Å². The number of fused-ring (bicyclic) bond motifs is 1. The molecule has 2 aliphatic heterocycles. The van der Waals surface area contributed by atoms with E-state index in [2.05, 4.69) is 26.3 Å². The van der Waals surface area contributed by atoms with Crippen molar-refractivity contribution in [3.8, 4) is 0 Å². The maximum atomic E-state index is 5.43. The molecule has 2 fully saturated rings. The molecule has 0 aromatic carbocycles. The lowest BCUT2D eigenvalue weighted by molar-refractivity contribution is 0.273. The Bertz CT molecular complexity index is 408. The number of nitrogens with two attached hydrogens (primary N) is 1. The number of pyridine rings is 1. The molecule has 3 heterocycles. The second kappa shape index (κ2) is 5.12. The largest absolute Gasteiger partial charge is 0.370 e. The summed E-state index contributed by atoms with van der Waals surface area (Å²) in [6.45, 7) is 4.79. The third-order valence-electron chi connectivity index (χ3n) is 4.06. The Kier molecular flexibility index (Phi) is 3.34. The number of nitrogens with one attached hydrogen (secondary N) is 1. The highest BCUT2D eigenvalue weighted by molar-refractivity contribution is 5.53. The summed E-state index contributed by atoms with van der Waals surface area (Å²) in [7, 11) is 0. The summed E-state index contributed by atoms with van der Waals surface area (Å²) in [6, 6.07) is 4.84. The highest BCUT2D eigenvalue weighted by atomic mass is 15.3. The van der Waals surface area contributed by atoms with Crippen LogP contribution in [0.3, 0.4) is 0 Å². The predicted octanol–water partition coefficient (Wildman–Crippen LogP) is 1.04. The van der Waals surface area contributed by atoms with Crippen LogP contribution in [0.25, 0.3) is 0 Å². The number of hydrazine groups is 1. The fourth-order valence-corrected chi connectivity index (χ4v) is 3.14. The van der Waals surface area contributed by atoms with Gasteiger partial charge in [-0.2, -0.15) is 0 Å². The third kappa shape index (κ3) is 2.28. The average Bonchev–Trinajstić information content (AvgIpc) is 2.76. The fraction of sp³-hybridized carbons (Fsp3) is 0.615. The first kappa shape index (κ1) is 11.7. The van der Waals surface area contributed by atoms with Gasteiger partial charge in [-0.25, -0.2) is 10.8 Å². The van der Waals surface area contributed by atoms with E-state index in [9.17, 15) is 0 Å². The number of nitrogens with zero attached hydrogens (tertiary/aromatic N) is 3. The van der Waals surface area contributed by atoms with E-state index in [0.717, 1.165) is 24.9 Å². The van der Waals surface area contributed by atoms with Crippen LogP contribution in [0.15, 0.2) is 18.3 Å². The van der Waals surface area contributed by atoms with Crippen molar-refractivity contribution in [3.05, 3.63) is 18.3 Å². The van der Waals surface area contributed by atoms with E-state index in [-0.39, 0.29) is 0 Å². The molecule has 2 aliphatic rings. The number of hydrogen-bond acceptors (Lipinski definition) is 5. The van der Waals surface area contributed by atoms with Gasteiger partial charge in [0.25, 0.3) is 0 Å². The van der Waals surface area contributed by atoms with Gasteiger partial charge in [0.2, 0.25) is 0 Å². The van der Waals surface area contributed by atoms with Crippen LogP contribution in [-0.2, 0) is 0 Å². The van der Waals surface area contributed by atoms with Gasteiger partial charge < -0.3 is 10.3 Å². The first-order chi connectivity index (χ1) is 8.86. The highest BCUT2D eigenvalue weighted by Gasteiger charge is 2.28. The number of aromatic nitrogens is 1. The number of nitrogen functional groups attached to an aromatic ring is 1. The van der Waals surface area contributed by atoms with Crippen LogP contribution in [0.4, 0.5) is 11.5 Å². The van der Waals surface area contributed by atoms with Crippen molar-refractivity contribution in [2.24, 2.45) is 5.84 Å². The molecule has 1 atom stereocenters. The SMILES string of the molecule is NNc1cc(N2CCCN3CCCC3C2)ccn1. The molecule has 0 bridgehead atoms. The molecule has 1 unspecified atom stereocenters. The summed E-state index contributed by atoms with van der Waals surface area (Å²) in [4.78, 5) is 9.28. The summed E-state index contributed by atoms with van der Waals surface area (Å²) >= 11 is 0. The smallest absolute Gasteiger partial charge is 0.141 e. The van der Waals surface area contributed by atoms with Crippen molar-refractivity contribution in [2.45, 2.75) is 25.3 Å². The summed E-state index contributed by atoms with van der Waals surface area (Å²) in [5.74, 6) is 6.16. The molecule has 0 aliphatic carbocycles. The standard InChI is InChI=1S/C13H21N5/c14-16-13-9-11(4-5-15-13)18-8-2-7-17-6-1-3-12(17)10-18/h4-5,9,12H,1-3,6-8,10,14H2,(H,15,16). The van der Waals surface area contributed by atoms with Gasteiger partial charge in [0.05, 0.1) is 0 Å². The summed E-state index contributed by atoms with van der Waals surface area (Å²) in [6.07, 6.45) is 5.75. The minimum atomic E-state index is 0.731. The number of anilines is 2. The van der Waals surface area contributed by atoms with E-state index in [0.29, 0.717) is 0 Å². The quantitative estimate of drug-likeness (QED) is 0.604. The fourth-order valence-electron chi connectivity index (χ4n) is 3.14. The minimum absolute atomic E-state index is 0.731. The molecule has 1 aromatic rings. The lowest BCUT2D eigenvalue weighted by Crippen LogP contribution is -2.36. The molecule has 5 nitrogen and oxygen atoms in total. The molecule has 1 aromatic heterocycles. The molecule has 0 radical (unpaired) electrons. The molecule has 98 valence electrons. The van der Waals surface area contributed by atoms with Gasteiger partial charge in [-0.05, 0) is 31.9 Å². The van der Waals surface area contributed by atoms with E-state index in [1.807, 2.05) is 12.3 Å². The summed E-state index contributed by atoms with van der Waals surface area (Å²) in [5.41, 5.74) is 3.85. The maximum Gasteiger partial charge on any atom is 0.141 e. The number of hydrogen-bond donors (Lipinski definition) is 2. The average molecular weight is 247 g/mol. The molecule has 5 heteroatoms. The van der Waals surface area contributed by atoms with Gasteiger partial charge in [0, 0.05) is 43.6 Å². The van der Waals surface area contributed by atoms with E-state index >= 15 is 0 Å². The van der Waals surface area contributed by atoms with E-state index < -0.39 is 0 Å². The van der Waals surface area contributed by atoms with Crippen molar-refractivity contribution in [1.29, 1.82) is 0 Å². The Morgan fingerprint density at radius 2 is 2.17 bits per heavy atom. The van der Waals surface area contributed by atoms with Crippen LogP contribution in [0.5, 0.6) is 0 Å². The lowest BCUT2D eigenvalue weighted by Gasteiger charge is -2.27. The topological polar surface area (TPSA) is 57.4 Å². The van der Waals surface area contributed by atoms with E-state index in [4.69, 9.17) is 5.84 Å². The zero-order valence-electron chi connectivity index (χ0n) is 10.7. The first-order valence-electron chi connectivity index (χ1n) is 6.78. The van der Waals surface area contributed by atoms with E-state index in [1.165, 1.54) is 38.0 Å². The van der Waals surface area contributed by atoms with Gasteiger partial charge in [-0.15, -0.1) is 0 Å². The van der Waals surface area contributed by atoms with Gasteiger partial charge in [0.1, 0.15) is 5.82 Å². The van der Waals surface area contributed by atoms with Crippen LogP contribution in [-0.4, -0.2) is 42.1 Å². The van der Waals surface area contributed by atoms with Crippen molar-refractivity contribution < 1.29 is 0 Å². The molecular formula is C13H21N5. The second-order valence-electron chi connectivity index (χ2n) is 5.18. The van der Waals surface area contributed by atoms with Crippen LogP contribution in [0.1, 0.15) is 19.3 Å². The Hall–Kier alpha value is -1.33. The second-order valence-corrected chi connectivity index (χ2v) is 5.18. The summed E-state index contributed by atoms with van der Waals surface area (Å²) < 4.78 is 0. The third-order valence-corrected chi connectivity index (χ3v) is 4.06. The van der Waals surface area contributed by atoms with Crippen LogP contribution in [0.2, 0.25) is 0 Å². The molecule has 3 rings (SSSR count). The van der Waals surface area contributed by atoms with Gasteiger partial charge in [-0.3, -0.25) is 4.90 Å². The maximum absolute atomic E-state index is 5.43. The van der Waals surface area contributed by atoms with Crippen molar-refractivity contribution in [1.82, 2.24) is 9.88 Å². The van der Waals surface area contributed by atoms with Gasteiger partial charge in [0.15, 0.2) is 0 Å². The van der Waals surface area contributed by atoms with E-state index in [1.54, 1.807) is 0 Å².